The molecule has 0 bridgehead atoms. The maximum atomic E-state index is 5.75. The standard InChI is InChI=1S/C29H33BrN2O2.2ClH/c1-33-27-17-28(34-2)25(30)16-23(27)18-31-19-24-14-9-15-32(24)26(20-31)29(21-10-5-3-6-11-21)22-12-7-4-8-13-22;;/h3-8,10-13,16-17,24,26,29H,9,14-15,18-20H2,1-2H3;2*1H/t24-,26-;;/m0../s1. The van der Waals surface area contributed by atoms with Crippen LogP contribution in [-0.2, 0) is 6.54 Å². The van der Waals surface area contributed by atoms with E-state index in [1.807, 2.05) is 6.07 Å². The minimum Gasteiger partial charge on any atom is -0.496 e. The summed E-state index contributed by atoms with van der Waals surface area (Å²) in [7, 11) is 3.43. The Morgan fingerprint density at radius 2 is 1.47 bits per heavy atom. The van der Waals surface area contributed by atoms with E-state index in [-0.39, 0.29) is 24.8 Å². The average Bonchev–Trinajstić information content (AvgIpc) is 3.35. The van der Waals surface area contributed by atoms with Crippen LogP contribution in [0.4, 0.5) is 0 Å². The molecule has 2 fully saturated rings. The summed E-state index contributed by atoms with van der Waals surface area (Å²) in [6.45, 7) is 4.18. The first-order valence-corrected chi connectivity index (χ1v) is 13.0. The molecule has 2 aliphatic rings. The molecule has 3 aromatic rings. The Kier molecular flexibility index (Phi) is 10.5. The van der Waals surface area contributed by atoms with E-state index in [0.717, 1.165) is 35.6 Å². The lowest BCUT2D eigenvalue weighted by Crippen LogP contribution is -2.57. The van der Waals surface area contributed by atoms with Crippen LogP contribution in [0.2, 0.25) is 0 Å². The molecule has 0 N–H and O–H groups in total. The number of nitrogens with zero attached hydrogens (tertiary/aromatic N) is 2. The van der Waals surface area contributed by atoms with Gasteiger partial charge in [-0.3, -0.25) is 9.80 Å². The van der Waals surface area contributed by atoms with Crippen LogP contribution in [0.3, 0.4) is 0 Å². The van der Waals surface area contributed by atoms with E-state index in [9.17, 15) is 0 Å². The second kappa shape index (κ2) is 13.2. The van der Waals surface area contributed by atoms with E-state index in [1.165, 1.54) is 36.1 Å². The fraction of sp³-hybridized carbons (Fsp3) is 0.379. The third-order valence-electron chi connectivity index (χ3n) is 7.41. The largest absolute Gasteiger partial charge is 0.496 e. The Labute approximate surface area is 235 Å². The van der Waals surface area contributed by atoms with Crippen molar-refractivity contribution in [3.05, 3.63) is 94.0 Å². The molecule has 0 spiro atoms. The van der Waals surface area contributed by atoms with Crippen LogP contribution < -0.4 is 9.47 Å². The normalized spacial score (nSPS) is 19.8. The van der Waals surface area contributed by atoms with E-state index in [2.05, 4.69) is 92.5 Å². The van der Waals surface area contributed by atoms with Gasteiger partial charge in [-0.2, -0.15) is 0 Å². The average molecular weight is 594 g/mol. The number of methoxy groups -OCH3 is 2. The highest BCUT2D eigenvalue weighted by Crippen LogP contribution is 2.39. The molecule has 0 radical (unpaired) electrons. The highest BCUT2D eigenvalue weighted by Gasteiger charge is 2.41. The van der Waals surface area contributed by atoms with Crippen LogP contribution in [0.15, 0.2) is 77.3 Å². The van der Waals surface area contributed by atoms with E-state index >= 15 is 0 Å². The number of fused-ring (bicyclic) bond motifs is 1. The van der Waals surface area contributed by atoms with Gasteiger partial charge in [0, 0.05) is 49.3 Å². The molecule has 2 saturated heterocycles. The molecule has 194 valence electrons. The fourth-order valence-corrected chi connectivity index (χ4v) is 6.46. The number of rotatable bonds is 7. The summed E-state index contributed by atoms with van der Waals surface area (Å²) in [6.07, 6.45) is 2.55. The Hall–Kier alpha value is -1.76. The highest BCUT2D eigenvalue weighted by molar-refractivity contribution is 9.10. The molecule has 7 heteroatoms. The van der Waals surface area contributed by atoms with Gasteiger partial charge >= 0.3 is 0 Å². The van der Waals surface area contributed by atoms with Crippen LogP contribution >= 0.6 is 40.7 Å². The van der Waals surface area contributed by atoms with Gasteiger partial charge < -0.3 is 9.47 Å². The predicted molar refractivity (Wildman–Crippen MR) is 155 cm³/mol. The first-order valence-electron chi connectivity index (χ1n) is 12.2. The van der Waals surface area contributed by atoms with Crippen LogP contribution in [-0.4, -0.2) is 55.7 Å². The second-order valence-corrected chi connectivity index (χ2v) is 10.2. The molecule has 4 nitrogen and oxygen atoms in total. The van der Waals surface area contributed by atoms with Crippen LogP contribution in [0, 0.1) is 0 Å². The monoisotopic (exact) mass is 592 g/mol. The lowest BCUT2D eigenvalue weighted by molar-refractivity contribution is 0.0380. The van der Waals surface area contributed by atoms with Crippen molar-refractivity contribution in [2.24, 2.45) is 0 Å². The van der Waals surface area contributed by atoms with Gasteiger partial charge in [-0.25, -0.2) is 0 Å². The van der Waals surface area contributed by atoms with E-state index < -0.39 is 0 Å². The third-order valence-corrected chi connectivity index (χ3v) is 8.03. The fourth-order valence-electron chi connectivity index (χ4n) is 5.90. The summed E-state index contributed by atoms with van der Waals surface area (Å²) in [5.74, 6) is 2.02. The minimum atomic E-state index is 0. The Bertz CT molecular complexity index is 1060. The van der Waals surface area contributed by atoms with Crippen molar-refractivity contribution in [3.8, 4) is 11.5 Å². The molecule has 5 rings (SSSR count). The first kappa shape index (κ1) is 28.8. The van der Waals surface area contributed by atoms with Crippen molar-refractivity contribution in [1.29, 1.82) is 0 Å². The van der Waals surface area contributed by atoms with E-state index in [4.69, 9.17) is 9.47 Å². The van der Waals surface area contributed by atoms with Crippen molar-refractivity contribution in [2.45, 2.75) is 37.4 Å². The Morgan fingerprint density at radius 1 is 0.861 bits per heavy atom. The van der Waals surface area contributed by atoms with Gasteiger partial charge in [0.05, 0.1) is 18.7 Å². The lowest BCUT2D eigenvalue weighted by Gasteiger charge is -2.47. The Balaban J connectivity index is 0.00000180. The number of halogens is 3. The molecule has 0 unspecified atom stereocenters. The van der Waals surface area contributed by atoms with Crippen LogP contribution in [0.5, 0.6) is 11.5 Å². The topological polar surface area (TPSA) is 24.9 Å². The Morgan fingerprint density at radius 3 is 2.06 bits per heavy atom. The summed E-state index contributed by atoms with van der Waals surface area (Å²) in [6, 6.07) is 27.3. The lowest BCUT2D eigenvalue weighted by atomic mass is 9.82. The zero-order chi connectivity index (χ0) is 23.5. The number of hydrogen-bond donors (Lipinski definition) is 0. The number of ether oxygens (including phenoxy) is 2. The minimum absolute atomic E-state index is 0. The van der Waals surface area contributed by atoms with Gasteiger partial charge in [0.2, 0.25) is 0 Å². The molecule has 0 aliphatic carbocycles. The van der Waals surface area contributed by atoms with Gasteiger partial charge in [0.15, 0.2) is 0 Å². The summed E-state index contributed by atoms with van der Waals surface area (Å²) < 4.78 is 12.2. The van der Waals surface area contributed by atoms with Crippen molar-refractivity contribution < 1.29 is 9.47 Å². The highest BCUT2D eigenvalue weighted by atomic mass is 79.9. The third kappa shape index (κ3) is 6.03. The van der Waals surface area contributed by atoms with E-state index in [0.29, 0.717) is 18.0 Å². The van der Waals surface area contributed by atoms with Crippen molar-refractivity contribution in [3.63, 3.8) is 0 Å². The molecule has 0 saturated carbocycles. The molecule has 2 aliphatic heterocycles. The molecule has 2 heterocycles. The number of piperazine rings is 1. The SMILES string of the molecule is COc1cc(OC)c(CN2C[C@@H]3CCCN3[C@H](C(c3ccccc3)c3ccccc3)C2)cc1Br.Cl.Cl. The molecule has 0 amide bonds. The predicted octanol–water partition coefficient (Wildman–Crippen LogP) is 6.79. The smallest absolute Gasteiger partial charge is 0.136 e. The molecule has 2 atom stereocenters. The molecule has 36 heavy (non-hydrogen) atoms. The van der Waals surface area contributed by atoms with Gasteiger partial charge in [-0.15, -0.1) is 24.8 Å². The maximum absolute atomic E-state index is 5.75. The maximum Gasteiger partial charge on any atom is 0.136 e. The molecular formula is C29H35BrCl2N2O2. The molecule has 3 aromatic carbocycles. The van der Waals surface area contributed by atoms with Crippen molar-refractivity contribution in [1.82, 2.24) is 9.80 Å². The van der Waals surface area contributed by atoms with Gasteiger partial charge in [0.25, 0.3) is 0 Å². The van der Waals surface area contributed by atoms with Gasteiger partial charge in [0.1, 0.15) is 11.5 Å². The van der Waals surface area contributed by atoms with E-state index in [1.54, 1.807) is 14.2 Å². The summed E-state index contributed by atoms with van der Waals surface area (Å²) >= 11 is 3.67. The number of benzene rings is 3. The van der Waals surface area contributed by atoms with Crippen molar-refractivity contribution in [2.75, 3.05) is 33.9 Å². The summed E-state index contributed by atoms with van der Waals surface area (Å²) in [5, 5.41) is 0. The van der Waals surface area contributed by atoms with Crippen LogP contribution in [0.25, 0.3) is 0 Å². The molecule has 0 aromatic heterocycles. The quantitative estimate of drug-likeness (QED) is 0.301. The van der Waals surface area contributed by atoms with Gasteiger partial charge in [-0.1, -0.05) is 60.7 Å². The molecular weight excluding hydrogens is 559 g/mol. The van der Waals surface area contributed by atoms with Gasteiger partial charge in [-0.05, 0) is 52.5 Å². The zero-order valence-corrected chi connectivity index (χ0v) is 24.0. The zero-order valence-electron chi connectivity index (χ0n) is 20.8. The second-order valence-electron chi connectivity index (χ2n) is 9.39. The summed E-state index contributed by atoms with van der Waals surface area (Å²) in [5.41, 5.74) is 3.99. The first-order chi connectivity index (χ1) is 16.7. The van der Waals surface area contributed by atoms with Crippen molar-refractivity contribution >= 4 is 40.7 Å². The number of hydrogen-bond acceptors (Lipinski definition) is 4. The van der Waals surface area contributed by atoms with Crippen LogP contribution in [0.1, 0.15) is 35.4 Å². The summed E-state index contributed by atoms with van der Waals surface area (Å²) in [4.78, 5) is 5.43.